The summed E-state index contributed by atoms with van der Waals surface area (Å²) >= 11 is 0. The van der Waals surface area contributed by atoms with Crippen LogP contribution in [0.1, 0.15) is 16.1 Å². The fourth-order valence-electron chi connectivity index (χ4n) is 1.69. The molecule has 4 heteroatoms. The third-order valence-electron chi connectivity index (χ3n) is 2.67. The fraction of sp³-hybridized carbons (Fsp3) is 0.143. The monoisotopic (exact) mass is 243 g/mol. The summed E-state index contributed by atoms with van der Waals surface area (Å²) in [5, 5.41) is 9.12. The molecule has 18 heavy (non-hydrogen) atoms. The van der Waals surface area contributed by atoms with E-state index in [4.69, 9.17) is 9.84 Å². The molecule has 0 aliphatic carbocycles. The largest absolute Gasteiger partial charge is 0.496 e. The van der Waals surface area contributed by atoms with E-state index in [0.717, 1.165) is 16.8 Å². The van der Waals surface area contributed by atoms with E-state index in [-0.39, 0.29) is 5.56 Å². The molecule has 1 N–H and O–H groups in total. The molecule has 1 aromatic carbocycles. The molecule has 0 unspecified atom stereocenters. The number of carbonyl (C=O) groups is 1. The molecule has 4 nitrogen and oxygen atoms in total. The molecule has 2 rings (SSSR count). The van der Waals surface area contributed by atoms with Crippen molar-refractivity contribution >= 4 is 5.97 Å². The van der Waals surface area contributed by atoms with Crippen molar-refractivity contribution in [3.63, 3.8) is 0 Å². The van der Waals surface area contributed by atoms with Gasteiger partial charge in [0.15, 0.2) is 0 Å². The van der Waals surface area contributed by atoms with Crippen molar-refractivity contribution in [1.82, 2.24) is 4.98 Å². The summed E-state index contributed by atoms with van der Waals surface area (Å²) in [5.74, 6) is -0.653. The highest BCUT2D eigenvalue weighted by Gasteiger charge is 2.12. The first-order valence-corrected chi connectivity index (χ1v) is 5.46. The normalized spacial score (nSPS) is 10.1. The van der Waals surface area contributed by atoms with Crippen LogP contribution < -0.4 is 4.74 Å². The third-order valence-corrected chi connectivity index (χ3v) is 2.67. The molecule has 0 saturated carbocycles. The fourth-order valence-corrected chi connectivity index (χ4v) is 1.69. The Morgan fingerprint density at radius 1 is 1.22 bits per heavy atom. The van der Waals surface area contributed by atoms with Crippen LogP contribution in [-0.4, -0.2) is 23.2 Å². The first-order chi connectivity index (χ1) is 8.61. The van der Waals surface area contributed by atoms with Crippen LogP contribution in [0.3, 0.4) is 0 Å². The summed E-state index contributed by atoms with van der Waals surface area (Å²) in [5.41, 5.74) is 2.76. The smallest absolute Gasteiger partial charge is 0.339 e. The predicted molar refractivity (Wildman–Crippen MR) is 67.9 cm³/mol. The molecule has 92 valence electrons. The van der Waals surface area contributed by atoms with E-state index in [0.29, 0.717) is 5.75 Å². The topological polar surface area (TPSA) is 59.4 Å². The zero-order valence-electron chi connectivity index (χ0n) is 10.2. The molecule has 2 aromatic rings. The first kappa shape index (κ1) is 12.1. The van der Waals surface area contributed by atoms with Gasteiger partial charge in [-0.15, -0.1) is 0 Å². The predicted octanol–water partition coefficient (Wildman–Crippen LogP) is 2.76. The molecule has 0 aliphatic heterocycles. The van der Waals surface area contributed by atoms with Crippen LogP contribution in [-0.2, 0) is 0 Å². The van der Waals surface area contributed by atoms with Crippen molar-refractivity contribution in [2.75, 3.05) is 7.11 Å². The van der Waals surface area contributed by atoms with Crippen molar-refractivity contribution in [2.45, 2.75) is 6.92 Å². The van der Waals surface area contributed by atoms with E-state index in [1.54, 1.807) is 18.3 Å². The molecule has 0 aliphatic rings. The van der Waals surface area contributed by atoms with Gasteiger partial charge in [0.05, 0.1) is 7.11 Å². The number of carboxylic acid groups (broad SMARTS) is 1. The van der Waals surface area contributed by atoms with Gasteiger partial charge in [0, 0.05) is 17.5 Å². The van der Waals surface area contributed by atoms with E-state index >= 15 is 0 Å². The van der Waals surface area contributed by atoms with Crippen LogP contribution in [0.15, 0.2) is 36.5 Å². The number of hydrogen-bond acceptors (Lipinski definition) is 3. The maximum Gasteiger partial charge on any atom is 0.339 e. The van der Waals surface area contributed by atoms with Gasteiger partial charge in [-0.2, -0.15) is 0 Å². The molecule has 0 atom stereocenters. The second-order valence-corrected chi connectivity index (χ2v) is 3.91. The number of aromatic carboxylic acids is 1. The first-order valence-electron chi connectivity index (χ1n) is 5.46. The lowest BCUT2D eigenvalue weighted by Gasteiger charge is -2.07. The minimum Gasteiger partial charge on any atom is -0.496 e. The van der Waals surface area contributed by atoms with Crippen molar-refractivity contribution in [2.24, 2.45) is 0 Å². The van der Waals surface area contributed by atoms with Crippen LogP contribution in [0.4, 0.5) is 0 Å². The SMILES string of the molecule is COc1ccc(-c2ccc(C)nc2)cc1C(=O)O. The van der Waals surface area contributed by atoms with E-state index in [2.05, 4.69) is 4.98 Å². The van der Waals surface area contributed by atoms with Gasteiger partial charge in [-0.3, -0.25) is 4.98 Å². The molecule has 0 spiro atoms. The molecule has 0 bridgehead atoms. The summed E-state index contributed by atoms with van der Waals surface area (Å²) in [7, 11) is 1.45. The molecular weight excluding hydrogens is 230 g/mol. The number of ether oxygens (including phenoxy) is 1. The van der Waals surface area contributed by atoms with Crippen molar-refractivity contribution in [1.29, 1.82) is 0 Å². The number of pyridine rings is 1. The number of rotatable bonds is 3. The quantitative estimate of drug-likeness (QED) is 0.900. The Morgan fingerprint density at radius 2 is 1.94 bits per heavy atom. The van der Waals surface area contributed by atoms with Crippen molar-refractivity contribution < 1.29 is 14.6 Å². The summed E-state index contributed by atoms with van der Waals surface area (Å²) in [4.78, 5) is 15.3. The van der Waals surface area contributed by atoms with Gasteiger partial charge < -0.3 is 9.84 Å². The molecule has 1 heterocycles. The lowest BCUT2D eigenvalue weighted by Crippen LogP contribution is -2.00. The van der Waals surface area contributed by atoms with E-state index in [1.807, 2.05) is 25.1 Å². The molecule has 0 saturated heterocycles. The number of benzene rings is 1. The van der Waals surface area contributed by atoms with E-state index in [9.17, 15) is 4.79 Å². The lowest BCUT2D eigenvalue weighted by atomic mass is 10.0. The summed E-state index contributed by atoms with van der Waals surface area (Å²) in [6, 6.07) is 8.86. The van der Waals surface area contributed by atoms with Gasteiger partial charge in [-0.25, -0.2) is 4.79 Å². The van der Waals surface area contributed by atoms with Crippen LogP contribution in [0, 0.1) is 6.92 Å². The van der Waals surface area contributed by atoms with E-state index in [1.165, 1.54) is 7.11 Å². The molecular formula is C14H13NO3. The van der Waals surface area contributed by atoms with Crippen LogP contribution in [0.25, 0.3) is 11.1 Å². The van der Waals surface area contributed by atoms with Crippen molar-refractivity contribution in [3.8, 4) is 16.9 Å². The Balaban J connectivity index is 2.49. The van der Waals surface area contributed by atoms with Gasteiger partial charge in [-0.1, -0.05) is 12.1 Å². The summed E-state index contributed by atoms with van der Waals surface area (Å²) in [6.07, 6.45) is 1.72. The van der Waals surface area contributed by atoms with Crippen LogP contribution in [0.5, 0.6) is 5.75 Å². The zero-order chi connectivity index (χ0) is 13.1. The second kappa shape index (κ2) is 4.87. The minimum absolute atomic E-state index is 0.149. The number of methoxy groups -OCH3 is 1. The van der Waals surface area contributed by atoms with Gasteiger partial charge in [-0.05, 0) is 30.7 Å². The van der Waals surface area contributed by atoms with Gasteiger partial charge in [0.1, 0.15) is 11.3 Å². The second-order valence-electron chi connectivity index (χ2n) is 3.91. The number of carboxylic acids is 1. The van der Waals surface area contributed by atoms with Gasteiger partial charge >= 0.3 is 5.97 Å². The Morgan fingerprint density at radius 3 is 2.50 bits per heavy atom. The number of aryl methyl sites for hydroxylation is 1. The lowest BCUT2D eigenvalue weighted by molar-refractivity contribution is 0.0693. The third kappa shape index (κ3) is 2.32. The highest BCUT2D eigenvalue weighted by molar-refractivity contribution is 5.92. The van der Waals surface area contributed by atoms with E-state index < -0.39 is 5.97 Å². The summed E-state index contributed by atoms with van der Waals surface area (Å²) in [6.45, 7) is 1.90. The molecule has 0 radical (unpaired) electrons. The van der Waals surface area contributed by atoms with Crippen LogP contribution in [0.2, 0.25) is 0 Å². The standard InChI is InChI=1S/C14H13NO3/c1-9-3-4-11(8-15-9)10-5-6-13(18-2)12(7-10)14(16)17/h3-8H,1-2H3,(H,16,17). The maximum atomic E-state index is 11.1. The number of nitrogens with zero attached hydrogens (tertiary/aromatic N) is 1. The Bertz CT molecular complexity index is 576. The molecule has 1 aromatic heterocycles. The van der Waals surface area contributed by atoms with Crippen LogP contribution >= 0.6 is 0 Å². The zero-order valence-corrected chi connectivity index (χ0v) is 10.2. The summed E-state index contributed by atoms with van der Waals surface area (Å²) < 4.78 is 5.02. The Hall–Kier alpha value is -2.36. The van der Waals surface area contributed by atoms with Crippen molar-refractivity contribution in [3.05, 3.63) is 47.8 Å². The average Bonchev–Trinajstić information content (AvgIpc) is 2.39. The van der Waals surface area contributed by atoms with Gasteiger partial charge in [0.25, 0.3) is 0 Å². The number of aromatic nitrogens is 1. The van der Waals surface area contributed by atoms with Gasteiger partial charge in [0.2, 0.25) is 0 Å². The molecule has 0 fully saturated rings. The average molecular weight is 243 g/mol. The number of hydrogen-bond donors (Lipinski definition) is 1. The molecule has 0 amide bonds. The minimum atomic E-state index is -1.01. The highest BCUT2D eigenvalue weighted by atomic mass is 16.5. The highest BCUT2D eigenvalue weighted by Crippen LogP contribution is 2.26. The Kier molecular flexibility index (Phi) is 3.28. The maximum absolute atomic E-state index is 11.1. The Labute approximate surface area is 105 Å².